The summed E-state index contributed by atoms with van der Waals surface area (Å²) in [4.78, 5) is 23.7. The van der Waals surface area contributed by atoms with Crippen molar-refractivity contribution >= 4 is 23.5 Å². The monoisotopic (exact) mass is 354 g/mol. The SMILES string of the molecule is CCCCCCCCOC(=O)c1ccc(C(=O)OCC(C)Cl)cc1. The summed E-state index contributed by atoms with van der Waals surface area (Å²) in [5.74, 6) is -0.813. The largest absolute Gasteiger partial charge is 0.462 e. The lowest BCUT2D eigenvalue weighted by Gasteiger charge is -2.07. The van der Waals surface area contributed by atoms with Crippen LogP contribution in [0.3, 0.4) is 0 Å². The molecule has 1 atom stereocenters. The van der Waals surface area contributed by atoms with Gasteiger partial charge in [0.15, 0.2) is 0 Å². The molecule has 24 heavy (non-hydrogen) atoms. The van der Waals surface area contributed by atoms with E-state index in [1.165, 1.54) is 25.7 Å². The average molecular weight is 355 g/mol. The van der Waals surface area contributed by atoms with E-state index in [2.05, 4.69) is 6.92 Å². The highest BCUT2D eigenvalue weighted by Gasteiger charge is 2.11. The zero-order valence-corrected chi connectivity index (χ0v) is 15.3. The Labute approximate surface area is 149 Å². The molecule has 0 radical (unpaired) electrons. The number of ether oxygens (including phenoxy) is 2. The van der Waals surface area contributed by atoms with Crippen molar-refractivity contribution in [2.75, 3.05) is 13.2 Å². The maximum atomic E-state index is 11.9. The van der Waals surface area contributed by atoms with Crippen molar-refractivity contribution in [1.82, 2.24) is 0 Å². The van der Waals surface area contributed by atoms with Gasteiger partial charge in [0.05, 0.1) is 23.1 Å². The first-order valence-electron chi connectivity index (χ1n) is 8.63. The van der Waals surface area contributed by atoms with Gasteiger partial charge in [-0.05, 0) is 37.6 Å². The smallest absolute Gasteiger partial charge is 0.338 e. The quantitative estimate of drug-likeness (QED) is 0.319. The third-order valence-electron chi connectivity index (χ3n) is 3.53. The molecule has 0 aliphatic carbocycles. The molecule has 1 rings (SSSR count). The zero-order valence-electron chi connectivity index (χ0n) is 14.6. The Kier molecular flexibility index (Phi) is 10.2. The van der Waals surface area contributed by atoms with E-state index < -0.39 is 5.97 Å². The van der Waals surface area contributed by atoms with E-state index in [4.69, 9.17) is 21.1 Å². The molecule has 0 bridgehead atoms. The van der Waals surface area contributed by atoms with Crippen LogP contribution in [0.5, 0.6) is 0 Å². The molecule has 1 unspecified atom stereocenters. The summed E-state index contributed by atoms with van der Waals surface area (Å²) in [5, 5.41) is -0.231. The molecule has 0 heterocycles. The van der Waals surface area contributed by atoms with E-state index in [0.29, 0.717) is 17.7 Å². The van der Waals surface area contributed by atoms with Gasteiger partial charge >= 0.3 is 11.9 Å². The Morgan fingerprint density at radius 1 is 0.917 bits per heavy atom. The molecule has 1 aromatic rings. The third kappa shape index (κ3) is 8.34. The molecule has 4 nitrogen and oxygen atoms in total. The van der Waals surface area contributed by atoms with Crippen LogP contribution in [0.15, 0.2) is 24.3 Å². The molecule has 0 saturated heterocycles. The lowest BCUT2D eigenvalue weighted by molar-refractivity contribution is 0.0487. The number of halogens is 1. The van der Waals surface area contributed by atoms with Crippen molar-refractivity contribution in [3.63, 3.8) is 0 Å². The lowest BCUT2D eigenvalue weighted by Crippen LogP contribution is -2.12. The summed E-state index contributed by atoms with van der Waals surface area (Å²) in [6.07, 6.45) is 6.88. The summed E-state index contributed by atoms with van der Waals surface area (Å²) < 4.78 is 10.3. The van der Waals surface area contributed by atoms with Crippen LogP contribution >= 0.6 is 11.6 Å². The molecule has 5 heteroatoms. The number of alkyl halides is 1. The predicted octanol–water partition coefficient (Wildman–Crippen LogP) is 4.99. The molecule has 0 amide bonds. The van der Waals surface area contributed by atoms with Crippen molar-refractivity contribution < 1.29 is 19.1 Å². The second-order valence-corrected chi connectivity index (χ2v) is 6.61. The van der Waals surface area contributed by atoms with Crippen LogP contribution < -0.4 is 0 Å². The Hall–Kier alpha value is -1.55. The fourth-order valence-corrected chi connectivity index (χ4v) is 2.21. The fourth-order valence-electron chi connectivity index (χ4n) is 2.15. The maximum absolute atomic E-state index is 11.9. The van der Waals surface area contributed by atoms with Crippen molar-refractivity contribution in [1.29, 1.82) is 0 Å². The van der Waals surface area contributed by atoms with Crippen molar-refractivity contribution in [3.8, 4) is 0 Å². The number of esters is 2. The van der Waals surface area contributed by atoms with Gasteiger partial charge in [-0.25, -0.2) is 9.59 Å². The predicted molar refractivity (Wildman–Crippen MR) is 95.7 cm³/mol. The van der Waals surface area contributed by atoms with Gasteiger partial charge in [0.1, 0.15) is 6.61 Å². The standard InChI is InChI=1S/C19H27ClO4/c1-3-4-5-6-7-8-13-23-18(21)16-9-11-17(12-10-16)19(22)24-14-15(2)20/h9-12,15H,3-8,13-14H2,1-2H3. The van der Waals surface area contributed by atoms with Crippen LogP contribution in [0.2, 0.25) is 0 Å². The van der Waals surface area contributed by atoms with Crippen LogP contribution in [0.1, 0.15) is 73.1 Å². The highest BCUT2D eigenvalue weighted by molar-refractivity contribution is 6.20. The lowest BCUT2D eigenvalue weighted by atomic mass is 10.1. The van der Waals surface area contributed by atoms with E-state index in [1.54, 1.807) is 31.2 Å². The molecule has 134 valence electrons. The van der Waals surface area contributed by atoms with Crippen LogP contribution in [-0.4, -0.2) is 30.5 Å². The molecule has 0 N–H and O–H groups in total. The summed E-state index contributed by atoms with van der Waals surface area (Å²) in [5.41, 5.74) is 0.822. The summed E-state index contributed by atoms with van der Waals surface area (Å²) in [7, 11) is 0. The fraction of sp³-hybridized carbons (Fsp3) is 0.579. The van der Waals surface area contributed by atoms with Crippen LogP contribution in [-0.2, 0) is 9.47 Å². The summed E-state index contributed by atoms with van der Waals surface area (Å²) in [6.45, 7) is 4.52. The highest BCUT2D eigenvalue weighted by Crippen LogP contribution is 2.10. The molecular weight excluding hydrogens is 328 g/mol. The number of carbonyl (C=O) groups excluding carboxylic acids is 2. The van der Waals surface area contributed by atoms with Gasteiger partial charge in [-0.1, -0.05) is 39.0 Å². The number of carbonyl (C=O) groups is 2. The first-order valence-corrected chi connectivity index (χ1v) is 9.06. The molecule has 1 aromatic carbocycles. The number of benzene rings is 1. The molecular formula is C19H27ClO4. The third-order valence-corrected chi connectivity index (χ3v) is 3.66. The van der Waals surface area contributed by atoms with Gasteiger partial charge in [0.2, 0.25) is 0 Å². The van der Waals surface area contributed by atoms with E-state index in [9.17, 15) is 9.59 Å². The topological polar surface area (TPSA) is 52.6 Å². The minimum absolute atomic E-state index is 0.155. The summed E-state index contributed by atoms with van der Waals surface area (Å²) in [6, 6.07) is 6.26. The molecule has 0 aliphatic heterocycles. The van der Waals surface area contributed by atoms with Crippen LogP contribution in [0.25, 0.3) is 0 Å². The number of hydrogen-bond donors (Lipinski definition) is 0. The van der Waals surface area contributed by atoms with Gasteiger partial charge in [0, 0.05) is 0 Å². The van der Waals surface area contributed by atoms with E-state index >= 15 is 0 Å². The normalized spacial score (nSPS) is 11.8. The molecule has 0 spiro atoms. The van der Waals surface area contributed by atoms with E-state index in [0.717, 1.165) is 12.8 Å². The zero-order chi connectivity index (χ0) is 17.8. The second-order valence-electron chi connectivity index (χ2n) is 5.86. The van der Waals surface area contributed by atoms with Crippen molar-refractivity contribution in [3.05, 3.63) is 35.4 Å². The second kappa shape index (κ2) is 11.9. The molecule has 0 fully saturated rings. The highest BCUT2D eigenvalue weighted by atomic mass is 35.5. The maximum Gasteiger partial charge on any atom is 0.338 e. The minimum Gasteiger partial charge on any atom is -0.462 e. The van der Waals surface area contributed by atoms with Crippen LogP contribution in [0, 0.1) is 0 Å². The molecule has 0 aromatic heterocycles. The van der Waals surface area contributed by atoms with Gasteiger partial charge in [-0.3, -0.25) is 0 Å². The number of unbranched alkanes of at least 4 members (excludes halogenated alkanes) is 5. The summed E-state index contributed by atoms with van der Waals surface area (Å²) >= 11 is 5.73. The first kappa shape index (κ1) is 20.5. The molecule has 0 saturated carbocycles. The van der Waals surface area contributed by atoms with Crippen molar-refractivity contribution in [2.24, 2.45) is 0 Å². The van der Waals surface area contributed by atoms with Gasteiger partial charge in [0.25, 0.3) is 0 Å². The van der Waals surface area contributed by atoms with Gasteiger partial charge < -0.3 is 9.47 Å². The first-order chi connectivity index (χ1) is 11.5. The Morgan fingerprint density at radius 3 is 1.96 bits per heavy atom. The Morgan fingerprint density at radius 2 is 1.42 bits per heavy atom. The Bertz CT molecular complexity index is 497. The minimum atomic E-state index is -0.450. The Balaban J connectivity index is 2.31. The van der Waals surface area contributed by atoms with Gasteiger partial charge in [-0.2, -0.15) is 0 Å². The van der Waals surface area contributed by atoms with Gasteiger partial charge in [-0.15, -0.1) is 11.6 Å². The number of hydrogen-bond acceptors (Lipinski definition) is 4. The average Bonchev–Trinajstić information content (AvgIpc) is 2.58. The number of rotatable bonds is 11. The van der Waals surface area contributed by atoms with Crippen LogP contribution in [0.4, 0.5) is 0 Å². The van der Waals surface area contributed by atoms with E-state index in [-0.39, 0.29) is 18.0 Å². The van der Waals surface area contributed by atoms with E-state index in [1.807, 2.05) is 0 Å². The van der Waals surface area contributed by atoms with Crippen molar-refractivity contribution in [2.45, 2.75) is 57.7 Å². The molecule has 0 aliphatic rings.